The van der Waals surface area contributed by atoms with Crippen molar-refractivity contribution in [3.8, 4) is 0 Å². The molecule has 3 heterocycles. The first-order valence-electron chi connectivity index (χ1n) is 10.5. The van der Waals surface area contributed by atoms with Gasteiger partial charge in [0.2, 0.25) is 5.91 Å². The molecule has 1 atom stereocenters. The minimum Gasteiger partial charge on any atom is -0.340 e. The second-order valence-electron chi connectivity index (χ2n) is 8.14. The van der Waals surface area contributed by atoms with Gasteiger partial charge in [0.15, 0.2) is 0 Å². The van der Waals surface area contributed by atoms with E-state index in [1.807, 2.05) is 14.0 Å². The summed E-state index contributed by atoms with van der Waals surface area (Å²) in [4.78, 5) is 43.8. The van der Waals surface area contributed by atoms with Crippen LogP contribution in [-0.2, 0) is 18.4 Å². The number of nitrogens with zero attached hydrogens (tertiary/aromatic N) is 5. The van der Waals surface area contributed by atoms with E-state index in [1.54, 1.807) is 40.8 Å². The second kappa shape index (κ2) is 8.43. The first-order valence-corrected chi connectivity index (χ1v) is 10.8. The van der Waals surface area contributed by atoms with E-state index in [9.17, 15) is 14.4 Å². The molecule has 1 fully saturated rings. The van der Waals surface area contributed by atoms with Crippen molar-refractivity contribution in [1.82, 2.24) is 24.5 Å². The van der Waals surface area contributed by atoms with E-state index in [0.717, 1.165) is 29.1 Å². The van der Waals surface area contributed by atoms with E-state index in [0.29, 0.717) is 42.5 Å². The number of hydrogen-bond donors (Lipinski definition) is 0. The van der Waals surface area contributed by atoms with Gasteiger partial charge in [-0.15, -0.1) is 0 Å². The van der Waals surface area contributed by atoms with Crippen molar-refractivity contribution >= 4 is 29.3 Å². The fourth-order valence-corrected chi connectivity index (χ4v) is 4.60. The summed E-state index contributed by atoms with van der Waals surface area (Å²) in [5.41, 5.74) is 2.63. The average Bonchev–Trinajstić information content (AvgIpc) is 3.03. The lowest BCUT2D eigenvalue weighted by atomic mass is 10.1. The van der Waals surface area contributed by atoms with Gasteiger partial charge in [-0.25, -0.2) is 0 Å². The van der Waals surface area contributed by atoms with Crippen molar-refractivity contribution in [3.05, 3.63) is 51.8 Å². The van der Waals surface area contributed by atoms with Crippen molar-refractivity contribution in [2.24, 2.45) is 7.05 Å². The highest BCUT2D eigenvalue weighted by Gasteiger charge is 2.41. The molecule has 0 radical (unpaired) electrons. The van der Waals surface area contributed by atoms with Crippen LogP contribution in [0.3, 0.4) is 0 Å². The molecule has 1 aromatic carbocycles. The smallest absolute Gasteiger partial charge is 0.262 e. The third-order valence-electron chi connectivity index (χ3n) is 6.12. The number of imide groups is 1. The van der Waals surface area contributed by atoms with Gasteiger partial charge >= 0.3 is 0 Å². The Morgan fingerprint density at radius 3 is 2.32 bits per heavy atom. The molecule has 0 saturated carbocycles. The van der Waals surface area contributed by atoms with Gasteiger partial charge in [0.25, 0.3) is 11.8 Å². The molecule has 0 N–H and O–H groups in total. The number of carbonyl (C=O) groups is 3. The Hall–Kier alpha value is -2.71. The normalized spacial score (nSPS) is 18.3. The summed E-state index contributed by atoms with van der Waals surface area (Å²) in [6.45, 7) is 6.88. The van der Waals surface area contributed by atoms with Gasteiger partial charge in [0.1, 0.15) is 11.2 Å². The number of hydrogen-bond acceptors (Lipinski definition) is 5. The van der Waals surface area contributed by atoms with Gasteiger partial charge in [-0.1, -0.05) is 23.7 Å². The molecule has 2 aliphatic heterocycles. The van der Waals surface area contributed by atoms with Gasteiger partial charge in [0.05, 0.1) is 16.8 Å². The van der Waals surface area contributed by atoms with E-state index in [2.05, 4.69) is 10.00 Å². The Morgan fingerprint density at radius 1 is 1.10 bits per heavy atom. The summed E-state index contributed by atoms with van der Waals surface area (Å²) in [5.74, 6) is -1.01. The van der Waals surface area contributed by atoms with Crippen LogP contribution in [0, 0.1) is 6.92 Å². The summed E-state index contributed by atoms with van der Waals surface area (Å²) < 4.78 is 1.67. The van der Waals surface area contributed by atoms with Crippen LogP contribution in [0.25, 0.3) is 0 Å². The zero-order valence-corrected chi connectivity index (χ0v) is 18.7. The van der Waals surface area contributed by atoms with Gasteiger partial charge < -0.3 is 4.90 Å². The lowest BCUT2D eigenvalue weighted by molar-refractivity contribution is -0.134. The number of amides is 3. The van der Waals surface area contributed by atoms with Gasteiger partial charge in [-0.05, 0) is 32.4 Å². The van der Waals surface area contributed by atoms with E-state index < -0.39 is 17.9 Å². The Morgan fingerprint density at radius 2 is 1.74 bits per heavy atom. The van der Waals surface area contributed by atoms with Crippen LogP contribution < -0.4 is 0 Å². The predicted molar refractivity (Wildman–Crippen MR) is 116 cm³/mol. The van der Waals surface area contributed by atoms with Crippen molar-refractivity contribution in [3.63, 3.8) is 0 Å². The molecule has 0 bridgehead atoms. The van der Waals surface area contributed by atoms with Gasteiger partial charge in [0, 0.05) is 45.3 Å². The maximum atomic E-state index is 13.2. The second-order valence-corrected chi connectivity index (χ2v) is 8.49. The minimum absolute atomic E-state index is 0.202. The van der Waals surface area contributed by atoms with E-state index in [1.165, 1.54) is 0 Å². The third kappa shape index (κ3) is 3.85. The van der Waals surface area contributed by atoms with Crippen molar-refractivity contribution in [2.75, 3.05) is 26.2 Å². The number of aryl methyl sites for hydroxylation is 2. The molecular weight excluding hydrogens is 418 g/mol. The molecule has 1 saturated heterocycles. The maximum absolute atomic E-state index is 13.2. The Bertz CT molecular complexity index is 1010. The van der Waals surface area contributed by atoms with E-state index >= 15 is 0 Å². The van der Waals surface area contributed by atoms with Crippen LogP contribution in [-0.4, -0.2) is 74.4 Å². The van der Waals surface area contributed by atoms with Crippen molar-refractivity contribution in [2.45, 2.75) is 32.9 Å². The number of fused-ring (bicyclic) bond motifs is 1. The lowest BCUT2D eigenvalue weighted by Gasteiger charge is -2.28. The van der Waals surface area contributed by atoms with Crippen molar-refractivity contribution < 1.29 is 14.4 Å². The monoisotopic (exact) mass is 443 g/mol. The van der Waals surface area contributed by atoms with Crippen LogP contribution in [0.5, 0.6) is 0 Å². The topological polar surface area (TPSA) is 78.8 Å². The molecule has 0 aliphatic carbocycles. The van der Waals surface area contributed by atoms with Crippen LogP contribution in [0.15, 0.2) is 24.3 Å². The van der Waals surface area contributed by atoms with E-state index in [4.69, 9.17) is 11.6 Å². The zero-order chi connectivity index (χ0) is 22.3. The van der Waals surface area contributed by atoms with Crippen LogP contribution in [0.2, 0.25) is 5.15 Å². The molecule has 9 heteroatoms. The summed E-state index contributed by atoms with van der Waals surface area (Å²) in [6, 6.07) is 5.86. The quantitative estimate of drug-likeness (QED) is 0.676. The fraction of sp³-hybridized carbons (Fsp3) is 0.455. The summed E-state index contributed by atoms with van der Waals surface area (Å²) in [7, 11) is 1.82. The Labute approximate surface area is 186 Å². The summed E-state index contributed by atoms with van der Waals surface area (Å²) in [5, 5.41) is 5.00. The Kier molecular flexibility index (Phi) is 5.85. The molecule has 31 heavy (non-hydrogen) atoms. The number of aromatic nitrogens is 2. The molecular formula is C22H26ClN5O3. The molecule has 2 aromatic rings. The van der Waals surface area contributed by atoms with Crippen LogP contribution in [0.4, 0.5) is 0 Å². The predicted octanol–water partition coefficient (Wildman–Crippen LogP) is 2.10. The van der Waals surface area contributed by atoms with Crippen LogP contribution >= 0.6 is 11.6 Å². The van der Waals surface area contributed by atoms with Gasteiger partial charge in [-0.2, -0.15) is 5.10 Å². The first kappa shape index (κ1) is 21.5. The summed E-state index contributed by atoms with van der Waals surface area (Å²) >= 11 is 6.37. The molecule has 164 valence electrons. The third-order valence-corrected chi connectivity index (χ3v) is 6.59. The lowest BCUT2D eigenvalue weighted by Crippen LogP contribution is -2.50. The SMILES string of the molecule is Cc1nn(C)c(Cl)c1CN1CCCN(C(=O)C(C)N2C(=O)c3ccccc3C2=O)CC1. The molecule has 2 aliphatic rings. The Balaban J connectivity index is 1.42. The largest absolute Gasteiger partial charge is 0.340 e. The number of carbonyl (C=O) groups excluding carboxylic acids is 3. The molecule has 4 rings (SSSR count). The number of benzene rings is 1. The standard InChI is InChI=1S/C22H26ClN5O3/c1-14-18(19(23)25(3)24-14)13-26-9-6-10-27(12-11-26)20(29)15(2)28-21(30)16-7-4-5-8-17(16)22(28)31/h4-5,7-8,15H,6,9-13H2,1-3H3. The minimum atomic E-state index is -0.839. The van der Waals surface area contributed by atoms with Crippen molar-refractivity contribution in [1.29, 1.82) is 0 Å². The number of rotatable bonds is 4. The molecule has 1 unspecified atom stereocenters. The molecule has 3 amide bonds. The highest BCUT2D eigenvalue weighted by Crippen LogP contribution is 2.26. The average molecular weight is 444 g/mol. The zero-order valence-electron chi connectivity index (χ0n) is 18.0. The highest BCUT2D eigenvalue weighted by molar-refractivity contribution is 6.30. The molecule has 0 spiro atoms. The van der Waals surface area contributed by atoms with Crippen LogP contribution in [0.1, 0.15) is 45.3 Å². The molecule has 1 aromatic heterocycles. The van der Waals surface area contributed by atoms with E-state index in [-0.39, 0.29) is 5.91 Å². The first-order chi connectivity index (χ1) is 14.8. The molecule has 8 nitrogen and oxygen atoms in total. The number of halogens is 1. The highest BCUT2D eigenvalue weighted by atomic mass is 35.5. The fourth-order valence-electron chi connectivity index (χ4n) is 4.36. The summed E-state index contributed by atoms with van der Waals surface area (Å²) in [6.07, 6.45) is 0.803. The maximum Gasteiger partial charge on any atom is 0.262 e. The van der Waals surface area contributed by atoms with Gasteiger partial charge in [-0.3, -0.25) is 28.9 Å².